The van der Waals surface area contributed by atoms with Gasteiger partial charge in [0.15, 0.2) is 11.4 Å². The molecule has 11 heteroatoms. The number of pyridine rings is 1. The maximum absolute atomic E-state index is 6.46. The Bertz CT molecular complexity index is 1290. The van der Waals surface area contributed by atoms with Crippen LogP contribution in [-0.2, 0) is 13.1 Å². The van der Waals surface area contributed by atoms with Crippen LogP contribution in [-0.4, -0.2) is 15.2 Å². The molecule has 0 spiro atoms. The largest absolute Gasteiger partial charge is 0.452 e. The van der Waals surface area contributed by atoms with E-state index >= 15 is 0 Å². The first-order valence-corrected chi connectivity index (χ1v) is 10.4. The number of halogens is 3. The number of nitrogens with two attached hydrogens (primary N) is 1. The highest BCUT2D eigenvalue weighted by Gasteiger charge is 2.26. The average Bonchev–Trinajstić information content (AvgIpc) is 3.37. The molecule has 5 rings (SSSR count). The van der Waals surface area contributed by atoms with Gasteiger partial charge < -0.3 is 10.5 Å². The van der Waals surface area contributed by atoms with Crippen molar-refractivity contribution in [2.75, 3.05) is 10.4 Å². The normalized spacial score (nSPS) is 12.8. The number of rotatable bonds is 5. The summed E-state index contributed by atoms with van der Waals surface area (Å²) in [5, 5.41) is 11.4. The molecule has 8 nitrogen and oxygen atoms in total. The molecule has 0 saturated heterocycles. The van der Waals surface area contributed by atoms with Crippen molar-refractivity contribution in [2.45, 2.75) is 13.1 Å². The molecule has 2 aromatic carbocycles. The summed E-state index contributed by atoms with van der Waals surface area (Å²) in [6, 6.07) is 10.8. The number of H-pyrrole nitrogens is 1. The third kappa shape index (κ3) is 3.62. The third-order valence-electron chi connectivity index (χ3n) is 4.93. The fourth-order valence-corrected chi connectivity index (χ4v) is 4.08. The maximum atomic E-state index is 6.46. The standard InChI is InChI=1S/C20H16Cl3N7O/c21-11-6-10(8-24)17(23)16(7-11)31-19-13(22)3-4-15-18(19)27-29-30(15)9-14-12-2-1-5-25-20(12)28-26-14/h1-7,27,29H,8-9,24H2,(H,25,26,28). The molecular formula is C20H16Cl3N7O. The summed E-state index contributed by atoms with van der Waals surface area (Å²) in [7, 11) is 0. The smallest absolute Gasteiger partial charge is 0.181 e. The summed E-state index contributed by atoms with van der Waals surface area (Å²) in [6.45, 7) is 0.732. The lowest BCUT2D eigenvalue weighted by atomic mass is 10.2. The molecule has 2 aromatic heterocycles. The second-order valence-electron chi connectivity index (χ2n) is 6.85. The van der Waals surface area contributed by atoms with Gasteiger partial charge in [-0.1, -0.05) is 34.8 Å². The predicted molar refractivity (Wildman–Crippen MR) is 123 cm³/mol. The molecular weight excluding hydrogens is 461 g/mol. The predicted octanol–water partition coefficient (Wildman–Crippen LogP) is 5.02. The number of anilines is 2. The van der Waals surface area contributed by atoms with Crippen LogP contribution in [0.25, 0.3) is 11.0 Å². The number of aromatic nitrogens is 3. The minimum absolute atomic E-state index is 0.233. The molecule has 0 aliphatic carbocycles. The molecule has 0 radical (unpaired) electrons. The zero-order valence-electron chi connectivity index (χ0n) is 15.9. The van der Waals surface area contributed by atoms with Crippen molar-refractivity contribution in [3.8, 4) is 11.5 Å². The Labute approximate surface area is 192 Å². The van der Waals surface area contributed by atoms with Crippen LogP contribution in [0.2, 0.25) is 15.1 Å². The van der Waals surface area contributed by atoms with Gasteiger partial charge in [-0.15, -0.1) is 5.53 Å². The van der Waals surface area contributed by atoms with E-state index < -0.39 is 0 Å². The van der Waals surface area contributed by atoms with E-state index in [1.807, 2.05) is 23.2 Å². The summed E-state index contributed by atoms with van der Waals surface area (Å²) < 4.78 is 6.10. The average molecular weight is 477 g/mol. The van der Waals surface area contributed by atoms with Crippen molar-refractivity contribution in [2.24, 2.45) is 5.73 Å². The highest BCUT2D eigenvalue weighted by atomic mass is 35.5. The maximum Gasteiger partial charge on any atom is 0.181 e. The molecule has 3 heterocycles. The zero-order valence-corrected chi connectivity index (χ0v) is 18.2. The van der Waals surface area contributed by atoms with Crippen LogP contribution in [0.3, 0.4) is 0 Å². The molecule has 0 unspecified atom stereocenters. The van der Waals surface area contributed by atoms with Crippen LogP contribution in [0.5, 0.6) is 11.5 Å². The lowest BCUT2D eigenvalue weighted by Gasteiger charge is -2.17. The Morgan fingerprint density at radius 1 is 1.13 bits per heavy atom. The van der Waals surface area contributed by atoms with Gasteiger partial charge >= 0.3 is 0 Å². The van der Waals surface area contributed by atoms with Crippen molar-refractivity contribution >= 4 is 57.2 Å². The molecule has 4 aromatic rings. The molecule has 0 fully saturated rings. The monoisotopic (exact) mass is 475 g/mol. The lowest BCUT2D eigenvalue weighted by molar-refractivity contribution is 0.484. The SMILES string of the molecule is NCc1cc(Cl)cc(Oc2c(Cl)ccc3c2NNN3Cc2[nH]nc3ncccc23)c1Cl. The first-order chi connectivity index (χ1) is 15.0. The van der Waals surface area contributed by atoms with Gasteiger partial charge in [0.25, 0.3) is 0 Å². The number of aromatic amines is 1. The number of hydrogen-bond donors (Lipinski definition) is 4. The first-order valence-electron chi connectivity index (χ1n) is 9.30. The number of hydrogen-bond acceptors (Lipinski definition) is 7. The van der Waals surface area contributed by atoms with Crippen LogP contribution in [0, 0.1) is 0 Å². The van der Waals surface area contributed by atoms with Crippen molar-refractivity contribution < 1.29 is 4.74 Å². The summed E-state index contributed by atoms with van der Waals surface area (Å²) in [5.41, 5.74) is 15.8. The van der Waals surface area contributed by atoms with E-state index in [0.29, 0.717) is 50.0 Å². The van der Waals surface area contributed by atoms with Crippen molar-refractivity contribution in [1.82, 2.24) is 20.7 Å². The fraction of sp³-hybridized carbons (Fsp3) is 0.100. The van der Waals surface area contributed by atoms with Gasteiger partial charge in [0.1, 0.15) is 11.4 Å². The summed E-state index contributed by atoms with van der Waals surface area (Å²) in [6.07, 6.45) is 1.71. The molecule has 0 bridgehead atoms. The molecule has 5 N–H and O–H groups in total. The molecule has 0 amide bonds. The lowest BCUT2D eigenvalue weighted by Crippen LogP contribution is -2.35. The van der Waals surface area contributed by atoms with Gasteiger partial charge in [-0.25, -0.2) is 4.98 Å². The van der Waals surface area contributed by atoms with E-state index in [0.717, 1.165) is 16.8 Å². The molecule has 0 atom stereocenters. The topological polar surface area (TPSA) is 104 Å². The van der Waals surface area contributed by atoms with Gasteiger partial charge in [-0.05, 0) is 35.9 Å². The molecule has 1 aliphatic heterocycles. The number of nitrogens with zero attached hydrogens (tertiary/aromatic N) is 3. The van der Waals surface area contributed by atoms with Gasteiger partial charge in [0, 0.05) is 29.2 Å². The van der Waals surface area contributed by atoms with Crippen LogP contribution in [0.4, 0.5) is 11.4 Å². The fourth-order valence-electron chi connectivity index (χ4n) is 3.43. The number of fused-ring (bicyclic) bond motifs is 2. The van der Waals surface area contributed by atoms with Crippen LogP contribution in [0.15, 0.2) is 42.6 Å². The van der Waals surface area contributed by atoms with Gasteiger partial charge in [0.2, 0.25) is 0 Å². The molecule has 0 saturated carbocycles. The Balaban J connectivity index is 1.49. The van der Waals surface area contributed by atoms with Crippen molar-refractivity contribution in [3.63, 3.8) is 0 Å². The first kappa shape index (κ1) is 20.2. The van der Waals surface area contributed by atoms with Gasteiger partial charge in [-0.3, -0.25) is 15.5 Å². The Morgan fingerprint density at radius 2 is 2.00 bits per heavy atom. The summed E-state index contributed by atoms with van der Waals surface area (Å²) >= 11 is 19.1. The Morgan fingerprint density at radius 3 is 2.84 bits per heavy atom. The molecule has 31 heavy (non-hydrogen) atoms. The summed E-state index contributed by atoms with van der Waals surface area (Å²) in [5.74, 6) is 0.785. The van der Waals surface area contributed by atoms with E-state index in [9.17, 15) is 0 Å². The second kappa shape index (κ2) is 8.07. The molecule has 158 valence electrons. The minimum Gasteiger partial charge on any atom is -0.452 e. The summed E-state index contributed by atoms with van der Waals surface area (Å²) in [4.78, 5) is 4.26. The van der Waals surface area contributed by atoms with E-state index in [4.69, 9.17) is 45.3 Å². The highest BCUT2D eigenvalue weighted by Crippen LogP contribution is 2.46. The van der Waals surface area contributed by atoms with E-state index in [2.05, 4.69) is 26.1 Å². The zero-order chi connectivity index (χ0) is 21.5. The Hall–Kier alpha value is -2.75. The van der Waals surface area contributed by atoms with Crippen LogP contribution < -0.4 is 26.4 Å². The highest BCUT2D eigenvalue weighted by molar-refractivity contribution is 6.35. The van der Waals surface area contributed by atoms with Crippen molar-refractivity contribution in [3.05, 3.63) is 68.9 Å². The number of ether oxygens (including phenoxy) is 1. The number of benzene rings is 2. The Kier molecular flexibility index (Phi) is 5.25. The van der Waals surface area contributed by atoms with Gasteiger partial charge in [0.05, 0.1) is 28.0 Å². The van der Waals surface area contributed by atoms with Crippen LogP contribution in [0.1, 0.15) is 11.3 Å². The van der Waals surface area contributed by atoms with E-state index in [1.54, 1.807) is 24.4 Å². The van der Waals surface area contributed by atoms with Gasteiger partial charge in [-0.2, -0.15) is 5.10 Å². The quantitative estimate of drug-likeness (QED) is 0.320. The van der Waals surface area contributed by atoms with Crippen LogP contribution >= 0.6 is 34.8 Å². The second-order valence-corrected chi connectivity index (χ2v) is 8.08. The third-order valence-corrected chi connectivity index (χ3v) is 5.88. The van der Waals surface area contributed by atoms with Crippen molar-refractivity contribution in [1.29, 1.82) is 0 Å². The number of hydrazine groups is 2. The number of nitrogens with one attached hydrogen (secondary N) is 3. The molecule has 1 aliphatic rings. The minimum atomic E-state index is 0.233. The van der Waals surface area contributed by atoms with E-state index in [1.165, 1.54) is 0 Å². The van der Waals surface area contributed by atoms with E-state index in [-0.39, 0.29) is 6.54 Å².